The monoisotopic (exact) mass is 385 g/mol. The molecule has 0 aliphatic heterocycles. The predicted molar refractivity (Wildman–Crippen MR) is 94.1 cm³/mol. The standard InChI is InChI=1S/C16H17Cl2N3O4/c1-9-7-13(20-25-9)19-14(22)8-21(3)16(23)10(2)24-12-6-4-5-11(17)15(12)18/h4-7,10H,8H2,1-3H3,(H,19,20,22)/t10-/m0/s1. The molecular weight excluding hydrogens is 369 g/mol. The van der Waals surface area contributed by atoms with E-state index in [1.54, 1.807) is 38.1 Å². The number of carbonyl (C=O) groups excluding carboxylic acids is 2. The number of benzene rings is 1. The van der Waals surface area contributed by atoms with Crippen LogP contribution in [-0.2, 0) is 9.59 Å². The number of nitrogens with zero attached hydrogens (tertiary/aromatic N) is 2. The molecule has 0 radical (unpaired) electrons. The smallest absolute Gasteiger partial charge is 0.263 e. The van der Waals surface area contributed by atoms with E-state index in [9.17, 15) is 9.59 Å². The second kappa shape index (κ2) is 8.22. The summed E-state index contributed by atoms with van der Waals surface area (Å²) in [7, 11) is 1.50. The Kier molecular flexibility index (Phi) is 6.27. The average molecular weight is 386 g/mol. The lowest BCUT2D eigenvalue weighted by atomic mass is 10.3. The minimum absolute atomic E-state index is 0.165. The number of ether oxygens (including phenoxy) is 1. The van der Waals surface area contributed by atoms with Crippen molar-refractivity contribution in [3.8, 4) is 5.75 Å². The van der Waals surface area contributed by atoms with Crippen LogP contribution < -0.4 is 10.1 Å². The van der Waals surface area contributed by atoms with E-state index >= 15 is 0 Å². The van der Waals surface area contributed by atoms with Gasteiger partial charge in [-0.1, -0.05) is 34.4 Å². The minimum atomic E-state index is -0.844. The van der Waals surface area contributed by atoms with Gasteiger partial charge in [0.2, 0.25) is 5.91 Å². The number of nitrogens with one attached hydrogen (secondary N) is 1. The Morgan fingerprint density at radius 2 is 2.12 bits per heavy atom. The third kappa shape index (κ3) is 5.11. The molecule has 1 atom stereocenters. The number of carbonyl (C=O) groups is 2. The highest BCUT2D eigenvalue weighted by Gasteiger charge is 2.22. The number of anilines is 1. The number of aromatic nitrogens is 1. The van der Waals surface area contributed by atoms with Crippen LogP contribution in [0.1, 0.15) is 12.7 Å². The van der Waals surface area contributed by atoms with Crippen LogP contribution >= 0.6 is 23.2 Å². The fourth-order valence-electron chi connectivity index (χ4n) is 2.03. The van der Waals surface area contributed by atoms with Crippen LogP contribution in [0.5, 0.6) is 5.75 Å². The van der Waals surface area contributed by atoms with Gasteiger partial charge in [-0.05, 0) is 26.0 Å². The number of halogens is 2. The molecule has 0 unspecified atom stereocenters. The summed E-state index contributed by atoms with van der Waals surface area (Å²) in [6.45, 7) is 3.11. The van der Waals surface area contributed by atoms with Gasteiger partial charge in [-0.2, -0.15) is 0 Å². The molecule has 2 amide bonds. The summed E-state index contributed by atoms with van der Waals surface area (Å²) in [4.78, 5) is 25.5. The zero-order valence-corrected chi connectivity index (χ0v) is 15.4. The van der Waals surface area contributed by atoms with E-state index in [1.807, 2.05) is 0 Å². The van der Waals surface area contributed by atoms with E-state index in [0.717, 1.165) is 0 Å². The summed E-state index contributed by atoms with van der Waals surface area (Å²) in [6.07, 6.45) is -0.844. The highest BCUT2D eigenvalue weighted by Crippen LogP contribution is 2.32. The van der Waals surface area contributed by atoms with Gasteiger partial charge < -0.3 is 19.5 Å². The Bertz CT molecular complexity index is 778. The lowest BCUT2D eigenvalue weighted by Crippen LogP contribution is -2.42. The Morgan fingerprint density at radius 1 is 1.40 bits per heavy atom. The Hall–Kier alpha value is -2.25. The van der Waals surface area contributed by atoms with Gasteiger partial charge in [-0.3, -0.25) is 9.59 Å². The quantitative estimate of drug-likeness (QED) is 0.825. The molecule has 2 aromatic rings. The van der Waals surface area contributed by atoms with Crippen molar-refractivity contribution in [1.82, 2.24) is 10.1 Å². The fourth-order valence-corrected chi connectivity index (χ4v) is 2.36. The molecule has 25 heavy (non-hydrogen) atoms. The maximum atomic E-state index is 12.3. The van der Waals surface area contributed by atoms with Gasteiger partial charge >= 0.3 is 0 Å². The third-order valence-electron chi connectivity index (χ3n) is 3.22. The van der Waals surface area contributed by atoms with E-state index < -0.39 is 12.0 Å². The second-order valence-corrected chi connectivity index (χ2v) is 6.16. The molecule has 0 saturated carbocycles. The Morgan fingerprint density at radius 3 is 2.76 bits per heavy atom. The van der Waals surface area contributed by atoms with E-state index in [2.05, 4.69) is 10.5 Å². The van der Waals surface area contributed by atoms with Crippen molar-refractivity contribution in [2.24, 2.45) is 0 Å². The predicted octanol–water partition coefficient (Wildman–Crippen LogP) is 3.15. The topological polar surface area (TPSA) is 84.7 Å². The van der Waals surface area contributed by atoms with Gasteiger partial charge in [-0.15, -0.1) is 0 Å². The Labute approximate surface area is 154 Å². The zero-order valence-electron chi connectivity index (χ0n) is 13.9. The van der Waals surface area contributed by atoms with Gasteiger partial charge in [0, 0.05) is 13.1 Å². The maximum absolute atomic E-state index is 12.3. The van der Waals surface area contributed by atoms with E-state index in [4.69, 9.17) is 32.5 Å². The molecule has 7 nitrogen and oxygen atoms in total. The number of rotatable bonds is 6. The first-order valence-electron chi connectivity index (χ1n) is 7.36. The van der Waals surface area contributed by atoms with Crippen LogP contribution in [0.2, 0.25) is 10.0 Å². The molecule has 0 bridgehead atoms. The largest absolute Gasteiger partial charge is 0.479 e. The van der Waals surface area contributed by atoms with E-state index in [0.29, 0.717) is 22.4 Å². The van der Waals surface area contributed by atoms with Crippen molar-refractivity contribution in [2.75, 3.05) is 18.9 Å². The van der Waals surface area contributed by atoms with E-state index in [-0.39, 0.29) is 17.5 Å². The summed E-state index contributed by atoms with van der Waals surface area (Å²) in [5.74, 6) is 0.365. The van der Waals surface area contributed by atoms with Gasteiger partial charge in [0.1, 0.15) is 16.5 Å². The first-order valence-corrected chi connectivity index (χ1v) is 8.12. The fraction of sp³-hybridized carbons (Fsp3) is 0.312. The SMILES string of the molecule is Cc1cc(NC(=O)CN(C)C(=O)[C@H](C)Oc2cccc(Cl)c2Cl)no1. The molecular formula is C16H17Cl2N3O4. The van der Waals surface area contributed by atoms with Crippen LogP contribution in [0.4, 0.5) is 5.82 Å². The lowest BCUT2D eigenvalue weighted by molar-refractivity contribution is -0.139. The molecule has 1 N–H and O–H groups in total. The normalized spacial score (nSPS) is 11.7. The molecule has 9 heteroatoms. The minimum Gasteiger partial charge on any atom is -0.479 e. The maximum Gasteiger partial charge on any atom is 0.263 e. The van der Waals surface area contributed by atoms with Crippen molar-refractivity contribution >= 4 is 40.8 Å². The molecule has 0 fully saturated rings. The van der Waals surface area contributed by atoms with Crippen molar-refractivity contribution in [1.29, 1.82) is 0 Å². The Balaban J connectivity index is 1.92. The number of amides is 2. The number of hydrogen-bond acceptors (Lipinski definition) is 5. The van der Waals surface area contributed by atoms with Crippen molar-refractivity contribution < 1.29 is 18.8 Å². The highest BCUT2D eigenvalue weighted by atomic mass is 35.5. The first-order chi connectivity index (χ1) is 11.8. The van der Waals surface area contributed by atoms with Crippen LogP contribution in [0.3, 0.4) is 0 Å². The van der Waals surface area contributed by atoms with Gasteiger partial charge in [0.05, 0.1) is 11.6 Å². The lowest BCUT2D eigenvalue weighted by Gasteiger charge is -2.22. The molecule has 134 valence electrons. The van der Waals surface area contributed by atoms with Crippen molar-refractivity contribution in [3.05, 3.63) is 40.1 Å². The molecule has 2 rings (SSSR count). The van der Waals surface area contributed by atoms with Gasteiger partial charge in [-0.25, -0.2) is 0 Å². The summed E-state index contributed by atoms with van der Waals surface area (Å²) >= 11 is 11.9. The second-order valence-electron chi connectivity index (χ2n) is 5.38. The number of aryl methyl sites for hydroxylation is 1. The molecule has 1 aromatic carbocycles. The number of hydrogen-bond donors (Lipinski definition) is 1. The van der Waals surface area contributed by atoms with E-state index in [1.165, 1.54) is 11.9 Å². The van der Waals surface area contributed by atoms with Crippen LogP contribution in [0.25, 0.3) is 0 Å². The number of likely N-dealkylation sites (N-methyl/N-ethyl adjacent to an activating group) is 1. The summed E-state index contributed by atoms with van der Waals surface area (Å²) in [5.41, 5.74) is 0. The molecule has 0 spiro atoms. The molecule has 0 saturated heterocycles. The summed E-state index contributed by atoms with van der Waals surface area (Å²) in [5, 5.41) is 6.75. The average Bonchev–Trinajstić information content (AvgIpc) is 2.95. The zero-order chi connectivity index (χ0) is 18.6. The van der Waals surface area contributed by atoms with Crippen LogP contribution in [0, 0.1) is 6.92 Å². The van der Waals surface area contributed by atoms with Crippen molar-refractivity contribution in [3.63, 3.8) is 0 Å². The summed E-state index contributed by atoms with van der Waals surface area (Å²) in [6, 6.07) is 6.47. The van der Waals surface area contributed by atoms with Crippen LogP contribution in [0.15, 0.2) is 28.8 Å². The third-order valence-corrected chi connectivity index (χ3v) is 4.02. The molecule has 1 heterocycles. The summed E-state index contributed by atoms with van der Waals surface area (Å²) < 4.78 is 10.4. The highest BCUT2D eigenvalue weighted by molar-refractivity contribution is 6.42. The van der Waals surface area contributed by atoms with Crippen LogP contribution in [-0.4, -0.2) is 41.6 Å². The van der Waals surface area contributed by atoms with Crippen molar-refractivity contribution in [2.45, 2.75) is 20.0 Å². The molecule has 0 aliphatic carbocycles. The molecule has 1 aromatic heterocycles. The van der Waals surface area contributed by atoms with Gasteiger partial charge in [0.25, 0.3) is 5.91 Å². The molecule has 0 aliphatic rings. The first kappa shape index (κ1) is 19.1. The van der Waals surface area contributed by atoms with Gasteiger partial charge in [0.15, 0.2) is 11.9 Å².